The van der Waals surface area contributed by atoms with Crippen LogP contribution in [-0.2, 0) is 33.2 Å². The fraction of sp³-hybridized carbons (Fsp3) is 0.438. The molecule has 0 spiro atoms. The van der Waals surface area contributed by atoms with Crippen LogP contribution in [0.1, 0.15) is 63.1 Å². The van der Waals surface area contributed by atoms with E-state index in [0.29, 0.717) is 35.5 Å². The lowest BCUT2D eigenvalue weighted by Crippen LogP contribution is -2.48. The minimum absolute atomic E-state index is 0.0345. The first-order valence-electron chi connectivity index (χ1n) is 15.4. The number of anilines is 1. The van der Waals surface area contributed by atoms with Crippen LogP contribution in [0.2, 0.25) is 0 Å². The molecule has 0 unspecified atom stereocenters. The summed E-state index contributed by atoms with van der Waals surface area (Å²) < 4.78 is 31.7. The standard InChI is InChI=1S/C32H39N7O4S/c1-36-20-10-15-29(36)31(32(41)33-24-11-4-2-5-12-24)39(30(40)23-38-28-14-7-6-13-27(28)34-35-38)25-16-18-26(19-17-25)44(42,43)37-21-8-3-9-22-37/h6-7,10,13-20,24,31H,2-5,8-9,11-12,21-23H2,1H3,(H,33,41)/t31-/m1/s1. The Morgan fingerprint density at radius 3 is 2.34 bits per heavy atom. The minimum Gasteiger partial charge on any atom is -0.352 e. The van der Waals surface area contributed by atoms with Gasteiger partial charge in [-0.3, -0.25) is 14.5 Å². The van der Waals surface area contributed by atoms with Crippen LogP contribution in [0.3, 0.4) is 0 Å². The highest BCUT2D eigenvalue weighted by atomic mass is 32.2. The van der Waals surface area contributed by atoms with Crippen molar-refractivity contribution in [2.75, 3.05) is 18.0 Å². The van der Waals surface area contributed by atoms with Gasteiger partial charge in [0.25, 0.3) is 0 Å². The van der Waals surface area contributed by atoms with Crippen LogP contribution in [0.5, 0.6) is 0 Å². The number of fused-ring (bicyclic) bond motifs is 1. The average Bonchev–Trinajstić information content (AvgIpc) is 3.66. The molecule has 2 aliphatic rings. The van der Waals surface area contributed by atoms with E-state index < -0.39 is 16.1 Å². The zero-order valence-electron chi connectivity index (χ0n) is 25.0. The van der Waals surface area contributed by atoms with Crippen molar-refractivity contribution >= 4 is 38.6 Å². The molecule has 1 N–H and O–H groups in total. The van der Waals surface area contributed by atoms with Crippen LogP contribution in [0.4, 0.5) is 5.69 Å². The molecule has 6 rings (SSSR count). The second-order valence-corrected chi connectivity index (χ2v) is 13.7. The third kappa shape index (κ3) is 6.14. The first-order chi connectivity index (χ1) is 21.3. The van der Waals surface area contributed by atoms with Crippen LogP contribution in [0.15, 0.2) is 71.8 Å². The molecule has 0 radical (unpaired) electrons. The van der Waals surface area contributed by atoms with Gasteiger partial charge in [0, 0.05) is 38.1 Å². The summed E-state index contributed by atoms with van der Waals surface area (Å²) in [7, 11) is -1.83. The van der Waals surface area contributed by atoms with Crippen LogP contribution >= 0.6 is 0 Å². The Bertz CT molecular complexity index is 1720. The molecular formula is C32H39N7O4S. The first kappa shape index (κ1) is 30.0. The van der Waals surface area contributed by atoms with Gasteiger partial charge in [-0.15, -0.1) is 5.10 Å². The van der Waals surface area contributed by atoms with Crippen LogP contribution in [0, 0.1) is 0 Å². The Morgan fingerprint density at radius 1 is 0.932 bits per heavy atom. The molecule has 0 bridgehead atoms. The highest BCUT2D eigenvalue weighted by molar-refractivity contribution is 7.89. The van der Waals surface area contributed by atoms with Crippen molar-refractivity contribution in [1.29, 1.82) is 0 Å². The number of carbonyl (C=O) groups is 2. The van der Waals surface area contributed by atoms with Crippen LogP contribution in [-0.4, -0.2) is 63.2 Å². The number of hydrogen-bond acceptors (Lipinski definition) is 6. The fourth-order valence-electron chi connectivity index (χ4n) is 6.38. The van der Waals surface area contributed by atoms with E-state index in [1.54, 1.807) is 12.1 Å². The summed E-state index contributed by atoms with van der Waals surface area (Å²) >= 11 is 0. The molecule has 2 aromatic heterocycles. The zero-order chi connectivity index (χ0) is 30.7. The van der Waals surface area contributed by atoms with Crippen molar-refractivity contribution in [1.82, 2.24) is 29.2 Å². The van der Waals surface area contributed by atoms with E-state index in [1.165, 1.54) is 26.0 Å². The van der Waals surface area contributed by atoms with Gasteiger partial charge in [-0.05, 0) is 74.2 Å². The molecule has 1 saturated carbocycles. The lowest BCUT2D eigenvalue weighted by atomic mass is 9.95. The second kappa shape index (κ2) is 12.9. The third-order valence-electron chi connectivity index (χ3n) is 8.76. The number of rotatable bonds is 9. The molecule has 232 valence electrons. The molecule has 44 heavy (non-hydrogen) atoms. The van der Waals surface area contributed by atoms with Crippen molar-refractivity contribution in [3.05, 3.63) is 72.6 Å². The monoisotopic (exact) mass is 617 g/mol. The number of para-hydroxylation sites is 1. The first-order valence-corrected chi connectivity index (χ1v) is 16.9. The highest BCUT2D eigenvalue weighted by Gasteiger charge is 2.36. The molecule has 3 heterocycles. The third-order valence-corrected chi connectivity index (χ3v) is 10.7. The summed E-state index contributed by atoms with van der Waals surface area (Å²) in [6, 6.07) is 16.4. The van der Waals surface area contributed by atoms with Crippen LogP contribution in [0.25, 0.3) is 11.0 Å². The highest BCUT2D eigenvalue weighted by Crippen LogP contribution is 2.31. The number of nitrogens with zero attached hydrogens (tertiary/aromatic N) is 6. The van der Waals surface area contributed by atoms with E-state index in [0.717, 1.165) is 51.4 Å². The maximum atomic E-state index is 14.4. The second-order valence-electron chi connectivity index (χ2n) is 11.7. The number of aryl methyl sites for hydroxylation is 1. The molecule has 1 aliphatic heterocycles. The largest absolute Gasteiger partial charge is 0.352 e. The number of piperidine rings is 1. The Morgan fingerprint density at radius 2 is 1.64 bits per heavy atom. The van der Waals surface area contributed by atoms with Gasteiger partial charge in [0.1, 0.15) is 12.1 Å². The summed E-state index contributed by atoms with van der Waals surface area (Å²) in [6.45, 7) is 0.834. The zero-order valence-corrected chi connectivity index (χ0v) is 25.8. The summed E-state index contributed by atoms with van der Waals surface area (Å²) in [5.41, 5.74) is 2.42. The van der Waals surface area contributed by atoms with Crippen LogP contribution < -0.4 is 10.2 Å². The molecule has 4 aromatic rings. The van der Waals surface area contributed by atoms with E-state index in [2.05, 4.69) is 15.6 Å². The normalized spacial score (nSPS) is 17.4. The van der Waals surface area contributed by atoms with Crippen molar-refractivity contribution in [3.8, 4) is 0 Å². The van der Waals surface area contributed by atoms with Gasteiger partial charge in [0.15, 0.2) is 6.04 Å². The molecule has 11 nitrogen and oxygen atoms in total. The van der Waals surface area contributed by atoms with Gasteiger partial charge in [-0.25, -0.2) is 13.1 Å². The minimum atomic E-state index is -3.67. The van der Waals surface area contributed by atoms with Gasteiger partial charge in [-0.1, -0.05) is 43.0 Å². The topological polar surface area (TPSA) is 122 Å². The smallest absolute Gasteiger partial charge is 0.249 e. The number of hydrogen-bond donors (Lipinski definition) is 1. The lowest BCUT2D eigenvalue weighted by Gasteiger charge is -2.33. The van der Waals surface area contributed by atoms with E-state index >= 15 is 0 Å². The van der Waals surface area contributed by atoms with E-state index in [1.807, 2.05) is 54.2 Å². The fourth-order valence-corrected chi connectivity index (χ4v) is 7.89. The SMILES string of the molecule is Cn1cccc1[C@H](C(=O)NC1CCCCC1)N(C(=O)Cn1nnc2ccccc21)c1ccc(S(=O)(=O)N2CCCCC2)cc1. The number of aromatic nitrogens is 4. The predicted molar refractivity (Wildman–Crippen MR) is 167 cm³/mol. The number of amides is 2. The molecular weight excluding hydrogens is 578 g/mol. The van der Waals surface area contributed by atoms with Gasteiger partial charge in [0.05, 0.1) is 16.1 Å². The van der Waals surface area contributed by atoms with Crippen molar-refractivity contribution in [2.45, 2.75) is 74.9 Å². The predicted octanol–water partition coefficient (Wildman–Crippen LogP) is 4.17. The number of nitrogens with one attached hydrogen (secondary N) is 1. The molecule has 2 fully saturated rings. The van der Waals surface area contributed by atoms with E-state index in [9.17, 15) is 18.0 Å². The summed E-state index contributed by atoms with van der Waals surface area (Å²) in [5.74, 6) is -0.655. The van der Waals surface area contributed by atoms with Gasteiger partial charge < -0.3 is 9.88 Å². The molecule has 12 heteroatoms. The Hall–Kier alpha value is -4.03. The average molecular weight is 618 g/mol. The number of carbonyl (C=O) groups excluding carboxylic acids is 2. The molecule has 1 atom stereocenters. The molecule has 2 amide bonds. The van der Waals surface area contributed by atoms with Gasteiger partial charge in [0.2, 0.25) is 21.8 Å². The maximum Gasteiger partial charge on any atom is 0.249 e. The quantitative estimate of drug-likeness (QED) is 0.301. The van der Waals surface area contributed by atoms with E-state index in [-0.39, 0.29) is 29.3 Å². The number of sulfonamides is 1. The molecule has 1 aliphatic carbocycles. The van der Waals surface area contributed by atoms with Gasteiger partial charge >= 0.3 is 0 Å². The Kier molecular flexibility index (Phi) is 8.81. The Labute approximate surface area is 257 Å². The van der Waals surface area contributed by atoms with Crippen molar-refractivity contribution in [2.24, 2.45) is 7.05 Å². The lowest BCUT2D eigenvalue weighted by molar-refractivity contribution is -0.127. The summed E-state index contributed by atoms with van der Waals surface area (Å²) in [4.78, 5) is 30.2. The Balaban J connectivity index is 1.39. The summed E-state index contributed by atoms with van der Waals surface area (Å²) in [6.07, 6.45) is 9.59. The molecule has 1 saturated heterocycles. The maximum absolute atomic E-state index is 14.4. The van der Waals surface area contributed by atoms with E-state index in [4.69, 9.17) is 0 Å². The summed E-state index contributed by atoms with van der Waals surface area (Å²) in [5, 5.41) is 11.6. The molecule has 2 aromatic carbocycles. The van der Waals surface area contributed by atoms with Crippen molar-refractivity contribution < 1.29 is 18.0 Å². The number of benzene rings is 2. The van der Waals surface area contributed by atoms with Gasteiger partial charge in [-0.2, -0.15) is 4.31 Å². The van der Waals surface area contributed by atoms with Crippen molar-refractivity contribution in [3.63, 3.8) is 0 Å².